The summed E-state index contributed by atoms with van der Waals surface area (Å²) in [5.74, 6) is 1.69. The summed E-state index contributed by atoms with van der Waals surface area (Å²) in [7, 11) is 0. The van der Waals surface area contributed by atoms with E-state index in [0.29, 0.717) is 23.2 Å². The van der Waals surface area contributed by atoms with E-state index in [9.17, 15) is 0 Å². The van der Waals surface area contributed by atoms with Crippen LogP contribution in [-0.4, -0.2) is 13.1 Å². The molecule has 4 aromatic carbocycles. The number of aryl methyl sites for hydroxylation is 1. The topological polar surface area (TPSA) is 12.0 Å². The Morgan fingerprint density at radius 2 is 1.58 bits per heavy atom. The van der Waals surface area contributed by atoms with Crippen LogP contribution in [0.25, 0.3) is 22.4 Å². The normalized spacial score (nSPS) is 16.9. The molecule has 1 N–H and O–H groups in total. The second-order valence-electron chi connectivity index (χ2n) is 14.6. The molecule has 0 spiro atoms. The average molecular weight is 596 g/mol. The standard InChI is InChI=1S/C44H53N/c1-6-9-39(29-44(4,5)28-33(7-2)34-16-12-31(3)13-17-34)35-18-14-32(15-19-35)26-27-45-30-40-23-22-38-21-20-36-10-8-11-37-24-25-41(40)43(38)42(36)37/h8,10-23,25,33,39-40,45H,6-7,9,24,26-30H2,1-5H3. The molecular weight excluding hydrogens is 542 g/mol. The van der Waals surface area contributed by atoms with E-state index in [1.54, 1.807) is 0 Å². The summed E-state index contributed by atoms with van der Waals surface area (Å²) in [6.07, 6.45) is 15.5. The first-order valence-corrected chi connectivity index (χ1v) is 17.6. The van der Waals surface area contributed by atoms with Crippen molar-refractivity contribution >= 4 is 22.4 Å². The molecule has 0 radical (unpaired) electrons. The zero-order chi connectivity index (χ0) is 31.4. The highest BCUT2D eigenvalue weighted by Crippen LogP contribution is 2.43. The zero-order valence-electron chi connectivity index (χ0n) is 28.3. The van der Waals surface area contributed by atoms with Crippen LogP contribution in [0, 0.1) is 18.3 Å². The van der Waals surface area contributed by atoms with Crippen molar-refractivity contribution in [3.8, 4) is 0 Å². The van der Waals surface area contributed by atoms with Crippen LogP contribution in [-0.2, 0) is 12.8 Å². The van der Waals surface area contributed by atoms with E-state index in [1.165, 1.54) is 87.4 Å². The smallest absolute Gasteiger partial charge is 0.0150 e. The number of nitrogens with one attached hydrogen (secondary N) is 1. The van der Waals surface area contributed by atoms with Crippen LogP contribution in [0.1, 0.15) is 111 Å². The van der Waals surface area contributed by atoms with Crippen LogP contribution < -0.4 is 5.32 Å². The summed E-state index contributed by atoms with van der Waals surface area (Å²) in [6.45, 7) is 13.9. The van der Waals surface area contributed by atoms with Crippen LogP contribution in [0.4, 0.5) is 0 Å². The van der Waals surface area contributed by atoms with Gasteiger partial charge in [0.2, 0.25) is 0 Å². The highest BCUT2D eigenvalue weighted by molar-refractivity contribution is 6.03. The summed E-state index contributed by atoms with van der Waals surface area (Å²) in [4.78, 5) is 0. The van der Waals surface area contributed by atoms with E-state index in [-0.39, 0.29) is 0 Å². The van der Waals surface area contributed by atoms with Crippen molar-refractivity contribution in [1.29, 1.82) is 0 Å². The Labute approximate surface area is 272 Å². The Kier molecular flexibility index (Phi) is 9.76. The fourth-order valence-corrected chi connectivity index (χ4v) is 8.19. The maximum Gasteiger partial charge on any atom is 0.0150 e. The SMILES string of the molecule is CCCC(CC(C)(C)CC(CC)c1ccc(C)cc1)c1ccc(CCNCC2C=Cc3ccc4cccc5c4c3C2=CC5)cc1. The van der Waals surface area contributed by atoms with Crippen LogP contribution >= 0.6 is 0 Å². The van der Waals surface area contributed by atoms with E-state index in [1.807, 2.05) is 0 Å². The van der Waals surface area contributed by atoms with Crippen molar-refractivity contribution < 1.29 is 0 Å². The molecule has 6 rings (SSSR count). The third-order valence-corrected chi connectivity index (χ3v) is 10.6. The van der Waals surface area contributed by atoms with Gasteiger partial charge >= 0.3 is 0 Å². The van der Waals surface area contributed by atoms with Crippen molar-refractivity contribution in [1.82, 2.24) is 5.32 Å². The lowest BCUT2D eigenvalue weighted by Crippen LogP contribution is -2.26. The van der Waals surface area contributed by atoms with E-state index < -0.39 is 0 Å². The molecule has 2 aliphatic rings. The molecule has 234 valence electrons. The van der Waals surface area contributed by atoms with Gasteiger partial charge in [-0.1, -0.05) is 137 Å². The fraction of sp³-hybridized carbons (Fsp3) is 0.409. The van der Waals surface area contributed by atoms with Gasteiger partial charge in [-0.05, 0) is 119 Å². The van der Waals surface area contributed by atoms with Crippen molar-refractivity contribution in [3.63, 3.8) is 0 Å². The van der Waals surface area contributed by atoms with E-state index in [2.05, 4.69) is 137 Å². The predicted molar refractivity (Wildman–Crippen MR) is 196 cm³/mol. The Hall–Kier alpha value is -3.42. The first-order chi connectivity index (χ1) is 21.8. The number of hydrogen-bond donors (Lipinski definition) is 1. The van der Waals surface area contributed by atoms with Gasteiger partial charge in [0, 0.05) is 12.5 Å². The van der Waals surface area contributed by atoms with Crippen molar-refractivity contribution in [2.75, 3.05) is 13.1 Å². The third kappa shape index (κ3) is 7.20. The average Bonchev–Trinajstić information content (AvgIpc) is 3.05. The highest BCUT2D eigenvalue weighted by atomic mass is 14.9. The number of benzene rings is 4. The summed E-state index contributed by atoms with van der Waals surface area (Å²) in [5.41, 5.74) is 11.9. The van der Waals surface area contributed by atoms with Crippen molar-refractivity contribution in [3.05, 3.63) is 130 Å². The maximum absolute atomic E-state index is 3.80. The van der Waals surface area contributed by atoms with Crippen LogP contribution in [0.15, 0.2) is 91.0 Å². The maximum atomic E-state index is 3.80. The molecule has 0 amide bonds. The third-order valence-electron chi connectivity index (χ3n) is 10.6. The molecule has 0 aliphatic heterocycles. The lowest BCUT2D eigenvalue weighted by Gasteiger charge is -2.33. The van der Waals surface area contributed by atoms with Gasteiger partial charge in [0.15, 0.2) is 0 Å². The highest BCUT2D eigenvalue weighted by Gasteiger charge is 2.28. The van der Waals surface area contributed by atoms with Gasteiger partial charge in [-0.3, -0.25) is 0 Å². The Balaban J connectivity index is 1.03. The summed E-state index contributed by atoms with van der Waals surface area (Å²) in [6, 6.07) is 30.2. The molecule has 45 heavy (non-hydrogen) atoms. The molecule has 1 nitrogen and oxygen atoms in total. The van der Waals surface area contributed by atoms with Gasteiger partial charge in [0.05, 0.1) is 0 Å². The largest absolute Gasteiger partial charge is 0.315 e. The van der Waals surface area contributed by atoms with Gasteiger partial charge in [-0.15, -0.1) is 0 Å². The molecule has 0 fully saturated rings. The second-order valence-corrected chi connectivity index (χ2v) is 14.6. The predicted octanol–water partition coefficient (Wildman–Crippen LogP) is 11.4. The Morgan fingerprint density at radius 3 is 2.33 bits per heavy atom. The lowest BCUT2D eigenvalue weighted by atomic mass is 9.71. The van der Waals surface area contributed by atoms with Gasteiger partial charge in [0.1, 0.15) is 0 Å². The monoisotopic (exact) mass is 595 g/mol. The second kappa shape index (κ2) is 13.9. The van der Waals surface area contributed by atoms with Gasteiger partial charge < -0.3 is 5.32 Å². The number of allylic oxidation sites excluding steroid dienone is 1. The van der Waals surface area contributed by atoms with Crippen molar-refractivity contribution in [2.45, 2.75) is 91.4 Å². The van der Waals surface area contributed by atoms with Gasteiger partial charge in [-0.2, -0.15) is 0 Å². The molecule has 1 heteroatoms. The molecule has 4 aromatic rings. The molecule has 0 heterocycles. The molecule has 2 aliphatic carbocycles. The minimum Gasteiger partial charge on any atom is -0.315 e. The van der Waals surface area contributed by atoms with Crippen LogP contribution in [0.3, 0.4) is 0 Å². The minimum atomic E-state index is 0.295. The van der Waals surface area contributed by atoms with Gasteiger partial charge in [0.25, 0.3) is 0 Å². The summed E-state index contributed by atoms with van der Waals surface area (Å²) in [5, 5.41) is 6.65. The fourth-order valence-electron chi connectivity index (χ4n) is 8.19. The quantitative estimate of drug-likeness (QED) is 0.143. The molecule has 0 saturated heterocycles. The molecule has 3 atom stereocenters. The van der Waals surface area contributed by atoms with Crippen LogP contribution in [0.2, 0.25) is 0 Å². The Morgan fingerprint density at radius 1 is 0.844 bits per heavy atom. The molecule has 0 bridgehead atoms. The number of rotatable bonds is 14. The summed E-state index contributed by atoms with van der Waals surface area (Å²) >= 11 is 0. The van der Waals surface area contributed by atoms with E-state index >= 15 is 0 Å². The Bertz CT molecular complexity index is 1650. The molecule has 3 unspecified atom stereocenters. The minimum absolute atomic E-state index is 0.295. The van der Waals surface area contributed by atoms with Crippen LogP contribution in [0.5, 0.6) is 0 Å². The van der Waals surface area contributed by atoms with Crippen molar-refractivity contribution in [2.24, 2.45) is 11.3 Å². The lowest BCUT2D eigenvalue weighted by molar-refractivity contribution is 0.250. The van der Waals surface area contributed by atoms with E-state index in [4.69, 9.17) is 0 Å². The summed E-state index contributed by atoms with van der Waals surface area (Å²) < 4.78 is 0. The molecular formula is C44H53N. The first-order valence-electron chi connectivity index (χ1n) is 17.6. The first kappa shape index (κ1) is 31.6. The zero-order valence-corrected chi connectivity index (χ0v) is 28.3. The van der Waals surface area contributed by atoms with E-state index in [0.717, 1.165) is 25.9 Å². The molecule has 0 saturated carbocycles. The van der Waals surface area contributed by atoms with Gasteiger partial charge in [-0.25, -0.2) is 0 Å². The molecule has 0 aromatic heterocycles. The number of hydrogen-bond acceptors (Lipinski definition) is 1.